The number of hydrogen-bond donors (Lipinski definition) is 1. The number of thiophene rings is 1. The van der Waals surface area contributed by atoms with Crippen molar-refractivity contribution in [1.29, 1.82) is 0 Å². The molecule has 4 rings (SSSR count). The second-order valence-corrected chi connectivity index (χ2v) is 9.62. The normalized spacial score (nSPS) is 13.9. The summed E-state index contributed by atoms with van der Waals surface area (Å²) in [6, 6.07) is 8.38. The molecule has 3 heterocycles. The van der Waals surface area contributed by atoms with Gasteiger partial charge in [-0.1, -0.05) is 24.1 Å². The van der Waals surface area contributed by atoms with Gasteiger partial charge in [-0.15, -0.1) is 23.1 Å². The van der Waals surface area contributed by atoms with E-state index in [1.165, 1.54) is 21.8 Å². The summed E-state index contributed by atoms with van der Waals surface area (Å²) in [5, 5.41) is 3.61. The van der Waals surface area contributed by atoms with Gasteiger partial charge in [-0.3, -0.25) is 14.2 Å². The highest BCUT2D eigenvalue weighted by atomic mass is 32.2. The predicted molar refractivity (Wildman–Crippen MR) is 120 cm³/mol. The largest absolute Gasteiger partial charge is 0.350 e. The molecule has 0 bridgehead atoms. The molecule has 1 aromatic carbocycles. The van der Waals surface area contributed by atoms with Crippen molar-refractivity contribution in [3.05, 3.63) is 56.4 Å². The Morgan fingerprint density at radius 2 is 2.00 bits per heavy atom. The third-order valence-electron chi connectivity index (χ3n) is 5.30. The molecule has 0 radical (unpaired) electrons. The van der Waals surface area contributed by atoms with Gasteiger partial charge in [0, 0.05) is 30.2 Å². The van der Waals surface area contributed by atoms with Crippen LogP contribution in [0.5, 0.6) is 0 Å². The lowest BCUT2D eigenvalue weighted by molar-refractivity contribution is 0.0959. The number of carbonyl (C=O) groups is 1. The van der Waals surface area contributed by atoms with Gasteiger partial charge in [-0.25, -0.2) is 4.98 Å². The standard InChI is InChI=1S/C22H25N3O2S2/c1-14-7-9-16(10-8-14)28-13-11-23-20(26)19-15(2)18-21(29-19)24-17-6-4-3-5-12-25(17)22(18)27/h7-10H,3-6,11-13H2,1-2H3,(H,23,26). The van der Waals surface area contributed by atoms with E-state index >= 15 is 0 Å². The van der Waals surface area contributed by atoms with Gasteiger partial charge < -0.3 is 5.32 Å². The number of rotatable bonds is 5. The van der Waals surface area contributed by atoms with Gasteiger partial charge in [0.15, 0.2) is 0 Å². The van der Waals surface area contributed by atoms with Gasteiger partial charge in [-0.2, -0.15) is 0 Å². The fourth-order valence-corrected chi connectivity index (χ4v) is 5.55. The molecule has 1 amide bonds. The minimum absolute atomic E-state index is 0.00891. The molecule has 3 aromatic rings. The van der Waals surface area contributed by atoms with E-state index in [2.05, 4.69) is 36.5 Å². The first-order valence-corrected chi connectivity index (χ1v) is 11.9. The van der Waals surface area contributed by atoms with Gasteiger partial charge >= 0.3 is 0 Å². The van der Waals surface area contributed by atoms with Crippen molar-refractivity contribution in [1.82, 2.24) is 14.9 Å². The molecule has 2 aromatic heterocycles. The lowest BCUT2D eigenvalue weighted by Crippen LogP contribution is -2.26. The summed E-state index contributed by atoms with van der Waals surface area (Å²) in [4.78, 5) is 33.0. The van der Waals surface area contributed by atoms with Crippen LogP contribution in [0.25, 0.3) is 10.2 Å². The highest BCUT2D eigenvalue weighted by Crippen LogP contribution is 2.28. The maximum absolute atomic E-state index is 13.0. The Bertz CT molecular complexity index is 1100. The van der Waals surface area contributed by atoms with E-state index in [4.69, 9.17) is 4.98 Å². The molecule has 152 valence electrons. The molecule has 0 saturated carbocycles. The lowest BCUT2D eigenvalue weighted by Gasteiger charge is -2.08. The number of fused-ring (bicyclic) bond motifs is 2. The third kappa shape index (κ3) is 4.26. The second-order valence-electron chi connectivity index (χ2n) is 7.45. The minimum Gasteiger partial charge on any atom is -0.350 e. The summed E-state index contributed by atoms with van der Waals surface area (Å²) >= 11 is 3.06. The van der Waals surface area contributed by atoms with Crippen molar-refractivity contribution in [3.8, 4) is 0 Å². The Balaban J connectivity index is 1.47. The van der Waals surface area contributed by atoms with Crippen LogP contribution < -0.4 is 10.9 Å². The SMILES string of the molecule is Cc1ccc(SCCNC(=O)c2sc3nc4n(c(=O)c3c2C)CCCCC4)cc1. The molecule has 29 heavy (non-hydrogen) atoms. The number of nitrogens with zero attached hydrogens (tertiary/aromatic N) is 2. The molecule has 0 aliphatic carbocycles. The zero-order valence-corrected chi connectivity index (χ0v) is 18.4. The summed E-state index contributed by atoms with van der Waals surface area (Å²) in [7, 11) is 0. The Morgan fingerprint density at radius 3 is 2.79 bits per heavy atom. The average molecular weight is 428 g/mol. The molecule has 0 fully saturated rings. The van der Waals surface area contributed by atoms with E-state index in [0.29, 0.717) is 21.6 Å². The number of benzene rings is 1. The lowest BCUT2D eigenvalue weighted by atomic mass is 10.2. The Labute approximate surface area is 178 Å². The summed E-state index contributed by atoms with van der Waals surface area (Å²) in [5.74, 6) is 1.55. The van der Waals surface area contributed by atoms with Crippen LogP contribution in [-0.2, 0) is 13.0 Å². The highest BCUT2D eigenvalue weighted by molar-refractivity contribution is 7.99. The second kappa shape index (κ2) is 8.71. The number of hydrogen-bond acceptors (Lipinski definition) is 5. The molecule has 0 saturated heterocycles. The Morgan fingerprint density at radius 1 is 1.21 bits per heavy atom. The van der Waals surface area contributed by atoms with E-state index in [0.717, 1.165) is 49.4 Å². The quantitative estimate of drug-likeness (QED) is 0.486. The molecule has 1 N–H and O–H groups in total. The first-order chi connectivity index (χ1) is 14.0. The van der Waals surface area contributed by atoms with E-state index in [1.807, 2.05) is 11.5 Å². The number of aromatic nitrogens is 2. The maximum atomic E-state index is 13.0. The van der Waals surface area contributed by atoms with Gasteiger partial charge in [0.25, 0.3) is 11.5 Å². The van der Waals surface area contributed by atoms with Gasteiger partial charge in [0.2, 0.25) is 0 Å². The molecule has 0 atom stereocenters. The van der Waals surface area contributed by atoms with Crippen LogP contribution in [0, 0.1) is 13.8 Å². The van der Waals surface area contributed by atoms with Gasteiger partial charge in [0.1, 0.15) is 10.7 Å². The molecular formula is C22H25N3O2S2. The van der Waals surface area contributed by atoms with Crippen LogP contribution in [0.2, 0.25) is 0 Å². The van der Waals surface area contributed by atoms with Crippen LogP contribution in [0.4, 0.5) is 0 Å². The fraction of sp³-hybridized carbons (Fsp3) is 0.409. The van der Waals surface area contributed by atoms with E-state index in [1.54, 1.807) is 11.8 Å². The molecule has 1 aliphatic heterocycles. The Kier molecular flexibility index (Phi) is 6.06. The molecule has 7 heteroatoms. The first kappa shape index (κ1) is 20.2. The smallest absolute Gasteiger partial charge is 0.262 e. The van der Waals surface area contributed by atoms with E-state index in [-0.39, 0.29) is 11.5 Å². The topological polar surface area (TPSA) is 64.0 Å². The fourth-order valence-electron chi connectivity index (χ4n) is 3.67. The van der Waals surface area contributed by atoms with E-state index in [9.17, 15) is 9.59 Å². The summed E-state index contributed by atoms with van der Waals surface area (Å²) in [6.45, 7) is 5.24. The van der Waals surface area contributed by atoms with Crippen molar-refractivity contribution in [2.75, 3.05) is 12.3 Å². The maximum Gasteiger partial charge on any atom is 0.262 e. The summed E-state index contributed by atoms with van der Waals surface area (Å²) in [5.41, 5.74) is 2.00. The van der Waals surface area contributed by atoms with Crippen molar-refractivity contribution in [3.63, 3.8) is 0 Å². The predicted octanol–water partition coefficient (Wildman–Crippen LogP) is 4.32. The summed E-state index contributed by atoms with van der Waals surface area (Å²) < 4.78 is 1.81. The first-order valence-electron chi connectivity index (χ1n) is 10.0. The van der Waals surface area contributed by atoms with Crippen LogP contribution in [-0.4, -0.2) is 27.8 Å². The number of aryl methyl sites for hydroxylation is 3. The van der Waals surface area contributed by atoms with Crippen molar-refractivity contribution < 1.29 is 4.79 Å². The van der Waals surface area contributed by atoms with Crippen molar-refractivity contribution in [2.45, 2.75) is 51.0 Å². The monoisotopic (exact) mass is 427 g/mol. The van der Waals surface area contributed by atoms with Gasteiger partial charge in [-0.05, 0) is 44.4 Å². The highest BCUT2D eigenvalue weighted by Gasteiger charge is 2.22. The van der Waals surface area contributed by atoms with Crippen LogP contribution in [0.15, 0.2) is 34.0 Å². The zero-order chi connectivity index (χ0) is 20.4. The third-order valence-corrected chi connectivity index (χ3v) is 7.49. The molecular weight excluding hydrogens is 402 g/mol. The van der Waals surface area contributed by atoms with E-state index < -0.39 is 0 Å². The average Bonchev–Trinajstić information content (AvgIpc) is 2.88. The molecule has 0 spiro atoms. The van der Waals surface area contributed by atoms with Crippen LogP contribution in [0.1, 0.15) is 45.9 Å². The number of amides is 1. The van der Waals surface area contributed by atoms with Crippen LogP contribution in [0.3, 0.4) is 0 Å². The number of carbonyl (C=O) groups excluding carboxylic acids is 1. The van der Waals surface area contributed by atoms with Crippen LogP contribution >= 0.6 is 23.1 Å². The molecule has 5 nitrogen and oxygen atoms in total. The number of nitrogens with one attached hydrogen (secondary N) is 1. The summed E-state index contributed by atoms with van der Waals surface area (Å²) in [6.07, 6.45) is 4.03. The molecule has 1 aliphatic rings. The number of thioether (sulfide) groups is 1. The van der Waals surface area contributed by atoms with Gasteiger partial charge in [0.05, 0.1) is 10.3 Å². The molecule has 0 unspecified atom stereocenters. The van der Waals surface area contributed by atoms with Crippen molar-refractivity contribution >= 4 is 39.2 Å². The Hall–Kier alpha value is -2.12. The zero-order valence-electron chi connectivity index (χ0n) is 16.8. The minimum atomic E-state index is -0.116. The van der Waals surface area contributed by atoms with Crippen molar-refractivity contribution in [2.24, 2.45) is 0 Å².